The van der Waals surface area contributed by atoms with E-state index >= 15 is 0 Å². The largest absolute Gasteiger partial charge is 0.398 e. The molecule has 100 valence electrons. The predicted molar refractivity (Wildman–Crippen MR) is 80.2 cm³/mol. The lowest BCUT2D eigenvalue weighted by molar-refractivity contribution is 0.669. The molecule has 0 amide bonds. The van der Waals surface area contributed by atoms with Crippen molar-refractivity contribution in [2.75, 3.05) is 5.73 Å². The Bertz CT molecular complexity index is 731. The van der Waals surface area contributed by atoms with E-state index < -0.39 is 0 Å². The third-order valence-electron chi connectivity index (χ3n) is 3.33. The Morgan fingerprint density at radius 2 is 2.00 bits per heavy atom. The fourth-order valence-corrected chi connectivity index (χ4v) is 2.19. The van der Waals surface area contributed by atoms with Gasteiger partial charge in [-0.05, 0) is 24.6 Å². The van der Waals surface area contributed by atoms with E-state index in [9.17, 15) is 0 Å². The normalized spacial score (nSPS) is 10.7. The van der Waals surface area contributed by atoms with E-state index in [0.29, 0.717) is 6.54 Å². The molecule has 20 heavy (non-hydrogen) atoms. The minimum absolute atomic E-state index is 0.666. The van der Waals surface area contributed by atoms with Gasteiger partial charge in [-0.2, -0.15) is 5.10 Å². The number of aromatic nitrogens is 3. The van der Waals surface area contributed by atoms with Crippen LogP contribution in [-0.2, 0) is 6.54 Å². The molecule has 0 aliphatic heterocycles. The molecule has 0 bridgehead atoms. The monoisotopic (exact) mass is 264 g/mol. The molecule has 0 fully saturated rings. The number of nitrogen functional groups attached to an aromatic ring is 1. The summed E-state index contributed by atoms with van der Waals surface area (Å²) in [6, 6.07) is 11.8. The van der Waals surface area contributed by atoms with Gasteiger partial charge in [0.1, 0.15) is 0 Å². The summed E-state index contributed by atoms with van der Waals surface area (Å²) >= 11 is 0. The highest BCUT2D eigenvalue weighted by Crippen LogP contribution is 2.24. The van der Waals surface area contributed by atoms with Crippen molar-refractivity contribution < 1.29 is 0 Å². The third kappa shape index (κ3) is 2.40. The number of nitrogens with two attached hydrogens (primary N) is 1. The van der Waals surface area contributed by atoms with Crippen molar-refractivity contribution >= 4 is 5.69 Å². The number of pyridine rings is 1. The van der Waals surface area contributed by atoms with Crippen LogP contribution in [0.5, 0.6) is 0 Å². The number of anilines is 1. The van der Waals surface area contributed by atoms with Crippen molar-refractivity contribution in [3.8, 4) is 11.1 Å². The van der Waals surface area contributed by atoms with Gasteiger partial charge in [-0.1, -0.05) is 24.3 Å². The standard InChI is InChI=1S/C16H16N4/c1-12-5-4-8-18-16(12)11-20-10-13(9-19-20)14-6-2-3-7-15(14)17/h2-10H,11,17H2,1H3. The molecule has 0 saturated heterocycles. The molecular weight excluding hydrogens is 248 g/mol. The Labute approximate surface area is 117 Å². The maximum absolute atomic E-state index is 5.99. The zero-order valence-corrected chi connectivity index (χ0v) is 11.3. The SMILES string of the molecule is Cc1cccnc1Cn1cc(-c2ccccc2N)cn1. The highest BCUT2D eigenvalue weighted by atomic mass is 15.3. The summed E-state index contributed by atoms with van der Waals surface area (Å²) in [5.74, 6) is 0. The highest BCUT2D eigenvalue weighted by Gasteiger charge is 2.06. The van der Waals surface area contributed by atoms with Gasteiger partial charge >= 0.3 is 0 Å². The van der Waals surface area contributed by atoms with E-state index in [-0.39, 0.29) is 0 Å². The number of hydrogen-bond donors (Lipinski definition) is 1. The fourth-order valence-electron chi connectivity index (χ4n) is 2.19. The Morgan fingerprint density at radius 3 is 2.80 bits per heavy atom. The molecule has 1 aromatic carbocycles. The minimum atomic E-state index is 0.666. The van der Waals surface area contributed by atoms with Gasteiger partial charge in [-0.15, -0.1) is 0 Å². The number of nitrogens with zero attached hydrogens (tertiary/aromatic N) is 3. The van der Waals surface area contributed by atoms with E-state index in [1.165, 1.54) is 5.56 Å². The number of hydrogen-bond acceptors (Lipinski definition) is 3. The van der Waals surface area contributed by atoms with Crippen molar-refractivity contribution in [1.82, 2.24) is 14.8 Å². The molecular formula is C16H16N4. The summed E-state index contributed by atoms with van der Waals surface area (Å²) in [6.07, 6.45) is 5.64. The minimum Gasteiger partial charge on any atom is -0.398 e. The molecule has 0 radical (unpaired) electrons. The Hall–Kier alpha value is -2.62. The van der Waals surface area contributed by atoms with E-state index in [1.54, 1.807) is 0 Å². The summed E-state index contributed by atoms with van der Waals surface area (Å²) < 4.78 is 1.89. The molecule has 0 aliphatic rings. The third-order valence-corrected chi connectivity index (χ3v) is 3.33. The van der Waals surface area contributed by atoms with Crippen LogP contribution >= 0.6 is 0 Å². The Kier molecular flexibility index (Phi) is 3.21. The summed E-state index contributed by atoms with van der Waals surface area (Å²) in [5, 5.41) is 4.39. The fraction of sp³-hybridized carbons (Fsp3) is 0.125. The van der Waals surface area contributed by atoms with E-state index in [0.717, 1.165) is 22.5 Å². The Balaban J connectivity index is 1.88. The van der Waals surface area contributed by atoms with Crippen molar-refractivity contribution in [1.29, 1.82) is 0 Å². The first-order valence-electron chi connectivity index (χ1n) is 6.52. The van der Waals surface area contributed by atoms with Gasteiger partial charge in [-0.3, -0.25) is 9.67 Å². The van der Waals surface area contributed by atoms with Gasteiger partial charge in [0.05, 0.1) is 18.4 Å². The Morgan fingerprint density at radius 1 is 1.15 bits per heavy atom. The van der Waals surface area contributed by atoms with Crippen LogP contribution in [0.25, 0.3) is 11.1 Å². The van der Waals surface area contributed by atoms with E-state index in [1.807, 2.05) is 53.6 Å². The summed E-state index contributed by atoms with van der Waals surface area (Å²) in [6.45, 7) is 2.72. The summed E-state index contributed by atoms with van der Waals surface area (Å²) in [7, 11) is 0. The van der Waals surface area contributed by atoms with Crippen LogP contribution in [0.3, 0.4) is 0 Å². The first-order valence-corrected chi connectivity index (χ1v) is 6.52. The highest BCUT2D eigenvalue weighted by molar-refractivity contribution is 5.75. The van der Waals surface area contributed by atoms with Crippen molar-refractivity contribution in [3.63, 3.8) is 0 Å². The zero-order valence-electron chi connectivity index (χ0n) is 11.3. The lowest BCUT2D eigenvalue weighted by Crippen LogP contribution is -2.03. The van der Waals surface area contributed by atoms with E-state index in [4.69, 9.17) is 5.73 Å². The lowest BCUT2D eigenvalue weighted by atomic mass is 10.1. The topological polar surface area (TPSA) is 56.7 Å². The van der Waals surface area contributed by atoms with Crippen molar-refractivity contribution in [2.24, 2.45) is 0 Å². The molecule has 3 aromatic rings. The lowest BCUT2D eigenvalue weighted by Gasteiger charge is -2.04. The molecule has 3 rings (SSSR count). The first-order chi connectivity index (χ1) is 9.74. The average Bonchev–Trinajstić information content (AvgIpc) is 2.90. The van der Waals surface area contributed by atoms with Gasteiger partial charge in [0.15, 0.2) is 0 Å². The van der Waals surface area contributed by atoms with Gasteiger partial charge in [0.2, 0.25) is 0 Å². The molecule has 0 aliphatic carbocycles. The van der Waals surface area contributed by atoms with Crippen LogP contribution in [0.15, 0.2) is 55.0 Å². The molecule has 0 spiro atoms. The smallest absolute Gasteiger partial charge is 0.0834 e. The number of rotatable bonds is 3. The maximum Gasteiger partial charge on any atom is 0.0834 e. The van der Waals surface area contributed by atoms with Crippen LogP contribution in [-0.4, -0.2) is 14.8 Å². The first kappa shape index (κ1) is 12.4. The molecule has 0 unspecified atom stereocenters. The van der Waals surface area contributed by atoms with Crippen LogP contribution in [0, 0.1) is 6.92 Å². The van der Waals surface area contributed by atoms with Crippen LogP contribution in [0.2, 0.25) is 0 Å². The number of benzene rings is 1. The zero-order chi connectivity index (χ0) is 13.9. The molecule has 2 aromatic heterocycles. The van der Waals surface area contributed by atoms with Gasteiger partial charge in [-0.25, -0.2) is 0 Å². The van der Waals surface area contributed by atoms with Gasteiger partial charge in [0.25, 0.3) is 0 Å². The average molecular weight is 264 g/mol. The molecule has 0 atom stereocenters. The summed E-state index contributed by atoms with van der Waals surface area (Å²) in [4.78, 5) is 4.39. The quantitative estimate of drug-likeness (QED) is 0.740. The number of aryl methyl sites for hydroxylation is 1. The van der Waals surface area contributed by atoms with Crippen molar-refractivity contribution in [3.05, 3.63) is 66.2 Å². The number of para-hydroxylation sites is 1. The van der Waals surface area contributed by atoms with Gasteiger partial charge in [0, 0.05) is 29.2 Å². The second-order valence-electron chi connectivity index (χ2n) is 4.78. The summed E-state index contributed by atoms with van der Waals surface area (Å²) in [5.41, 5.74) is 11.0. The molecule has 0 saturated carbocycles. The molecule has 2 heterocycles. The van der Waals surface area contributed by atoms with Crippen molar-refractivity contribution in [2.45, 2.75) is 13.5 Å². The molecule has 4 heteroatoms. The second-order valence-corrected chi connectivity index (χ2v) is 4.78. The van der Waals surface area contributed by atoms with E-state index in [2.05, 4.69) is 23.1 Å². The van der Waals surface area contributed by atoms with Crippen LogP contribution < -0.4 is 5.73 Å². The molecule has 4 nitrogen and oxygen atoms in total. The predicted octanol–water partition coefficient (Wildman–Crippen LogP) is 2.88. The maximum atomic E-state index is 5.99. The molecule has 2 N–H and O–H groups in total. The van der Waals surface area contributed by atoms with Gasteiger partial charge < -0.3 is 5.73 Å². The second kappa shape index (κ2) is 5.17. The van der Waals surface area contributed by atoms with Crippen LogP contribution in [0.4, 0.5) is 5.69 Å². The van der Waals surface area contributed by atoms with Crippen LogP contribution in [0.1, 0.15) is 11.3 Å².